The van der Waals surface area contributed by atoms with Crippen molar-refractivity contribution >= 4 is 22.9 Å². The molecule has 156 valence electrons. The summed E-state index contributed by atoms with van der Waals surface area (Å²) in [7, 11) is 0. The van der Waals surface area contributed by atoms with Crippen LogP contribution in [0, 0.1) is 18.8 Å². The number of aryl methyl sites for hydroxylation is 2. The quantitative estimate of drug-likeness (QED) is 0.807. The summed E-state index contributed by atoms with van der Waals surface area (Å²) in [5.74, 6) is 0.446. The van der Waals surface area contributed by atoms with Crippen molar-refractivity contribution in [2.75, 3.05) is 6.54 Å². The summed E-state index contributed by atoms with van der Waals surface area (Å²) in [5, 5.41) is 11.1. The summed E-state index contributed by atoms with van der Waals surface area (Å²) in [6.07, 6.45) is 6.78. The molecule has 0 unspecified atom stereocenters. The van der Waals surface area contributed by atoms with Crippen LogP contribution in [0.15, 0.2) is 4.52 Å². The fourth-order valence-electron chi connectivity index (χ4n) is 4.68. The summed E-state index contributed by atoms with van der Waals surface area (Å²) in [6, 6.07) is 0.123. The molecule has 1 fully saturated rings. The van der Waals surface area contributed by atoms with E-state index in [0.29, 0.717) is 29.4 Å². The maximum Gasteiger partial charge on any atom is 0.259 e. The minimum atomic E-state index is -0.0429. The van der Waals surface area contributed by atoms with Crippen LogP contribution in [-0.2, 0) is 17.6 Å². The molecule has 0 bridgehead atoms. The minimum absolute atomic E-state index is 0.00269. The Morgan fingerprint density at radius 3 is 2.83 bits per heavy atom. The van der Waals surface area contributed by atoms with Crippen molar-refractivity contribution in [3.05, 3.63) is 22.5 Å². The van der Waals surface area contributed by atoms with Gasteiger partial charge in [-0.2, -0.15) is 0 Å². The molecular weight excluding hydrogens is 368 g/mol. The summed E-state index contributed by atoms with van der Waals surface area (Å²) in [6.45, 7) is 6.35. The van der Waals surface area contributed by atoms with Crippen LogP contribution < -0.4 is 10.6 Å². The van der Waals surface area contributed by atoms with Crippen molar-refractivity contribution in [3.8, 4) is 0 Å². The lowest BCUT2D eigenvalue weighted by Gasteiger charge is -2.30. The van der Waals surface area contributed by atoms with Gasteiger partial charge < -0.3 is 15.2 Å². The van der Waals surface area contributed by atoms with Crippen LogP contribution in [-0.4, -0.2) is 34.5 Å². The van der Waals surface area contributed by atoms with E-state index in [1.54, 1.807) is 0 Å². The molecule has 4 rings (SSSR count). The van der Waals surface area contributed by atoms with Gasteiger partial charge in [0, 0.05) is 24.2 Å². The molecule has 2 amide bonds. The normalized spacial score (nSPS) is 21.4. The third kappa shape index (κ3) is 4.00. The Morgan fingerprint density at radius 1 is 1.21 bits per heavy atom. The number of rotatable bonds is 5. The number of fused-ring (bicyclic) bond motifs is 2. The third-order valence-corrected chi connectivity index (χ3v) is 6.26. The zero-order chi connectivity index (χ0) is 20.5. The van der Waals surface area contributed by atoms with E-state index < -0.39 is 0 Å². The molecule has 1 saturated carbocycles. The highest BCUT2D eigenvalue weighted by molar-refractivity contribution is 6.07. The maximum atomic E-state index is 13.3. The number of carbonyl (C=O) groups is 2. The second-order valence-electron chi connectivity index (χ2n) is 8.82. The fourth-order valence-corrected chi connectivity index (χ4v) is 4.68. The Labute approximate surface area is 171 Å². The van der Waals surface area contributed by atoms with Gasteiger partial charge in [0.05, 0.1) is 16.6 Å². The monoisotopic (exact) mass is 398 g/mol. The van der Waals surface area contributed by atoms with Crippen LogP contribution in [0.5, 0.6) is 0 Å². The van der Waals surface area contributed by atoms with Crippen molar-refractivity contribution in [3.63, 3.8) is 0 Å². The Balaban J connectivity index is 1.48. The smallest absolute Gasteiger partial charge is 0.259 e. The number of aromatic nitrogens is 2. The van der Waals surface area contributed by atoms with Crippen LogP contribution in [0.3, 0.4) is 0 Å². The van der Waals surface area contributed by atoms with Crippen molar-refractivity contribution in [1.29, 1.82) is 0 Å². The Bertz CT molecular complexity index is 934. The first-order chi connectivity index (χ1) is 13.9. The molecule has 0 radical (unpaired) electrons. The van der Waals surface area contributed by atoms with Gasteiger partial charge in [0.25, 0.3) is 11.6 Å². The van der Waals surface area contributed by atoms with E-state index in [9.17, 15) is 9.59 Å². The number of nitrogens with one attached hydrogen (secondary N) is 2. The first-order valence-corrected chi connectivity index (χ1v) is 10.8. The second-order valence-corrected chi connectivity index (χ2v) is 8.82. The van der Waals surface area contributed by atoms with Crippen LogP contribution in [0.25, 0.3) is 11.1 Å². The van der Waals surface area contributed by atoms with Crippen LogP contribution >= 0.6 is 0 Å². The van der Waals surface area contributed by atoms with Gasteiger partial charge in [-0.25, -0.2) is 4.98 Å². The van der Waals surface area contributed by atoms with Crippen molar-refractivity contribution in [2.24, 2.45) is 11.8 Å². The lowest BCUT2D eigenvalue weighted by molar-refractivity contribution is -0.124. The molecule has 0 spiro atoms. The van der Waals surface area contributed by atoms with Gasteiger partial charge in [0.15, 0.2) is 0 Å². The van der Waals surface area contributed by atoms with E-state index in [1.807, 2.05) is 20.8 Å². The minimum Gasteiger partial charge on any atom is -0.356 e. The lowest BCUT2D eigenvalue weighted by atomic mass is 9.85. The van der Waals surface area contributed by atoms with Crippen LogP contribution in [0.4, 0.5) is 0 Å². The lowest BCUT2D eigenvalue weighted by Crippen LogP contribution is -2.42. The third-order valence-electron chi connectivity index (χ3n) is 6.26. The van der Waals surface area contributed by atoms with E-state index in [2.05, 4.69) is 20.8 Å². The Morgan fingerprint density at radius 2 is 2.03 bits per heavy atom. The van der Waals surface area contributed by atoms with Gasteiger partial charge in [0.1, 0.15) is 0 Å². The summed E-state index contributed by atoms with van der Waals surface area (Å²) >= 11 is 0. The predicted molar refractivity (Wildman–Crippen MR) is 110 cm³/mol. The van der Waals surface area contributed by atoms with Crippen molar-refractivity contribution in [2.45, 2.75) is 71.8 Å². The van der Waals surface area contributed by atoms with Gasteiger partial charge in [-0.05, 0) is 56.9 Å². The van der Waals surface area contributed by atoms with E-state index in [4.69, 9.17) is 4.52 Å². The molecule has 7 nitrogen and oxygen atoms in total. The van der Waals surface area contributed by atoms with Crippen molar-refractivity contribution < 1.29 is 14.1 Å². The largest absolute Gasteiger partial charge is 0.356 e. The number of pyridine rings is 1. The fraction of sp³-hybridized carbons (Fsp3) is 0.636. The Kier molecular flexibility index (Phi) is 5.56. The predicted octanol–water partition coefficient (Wildman–Crippen LogP) is 3.08. The first kappa shape index (κ1) is 19.9. The molecule has 0 saturated heterocycles. The highest BCUT2D eigenvalue weighted by atomic mass is 16.5. The zero-order valence-corrected chi connectivity index (χ0v) is 17.5. The molecule has 0 aromatic carbocycles. The molecule has 2 N–H and O–H groups in total. The highest BCUT2D eigenvalue weighted by Crippen LogP contribution is 2.32. The van der Waals surface area contributed by atoms with E-state index in [1.165, 1.54) is 0 Å². The summed E-state index contributed by atoms with van der Waals surface area (Å²) < 4.78 is 5.36. The highest BCUT2D eigenvalue weighted by Gasteiger charge is 2.30. The first-order valence-electron chi connectivity index (χ1n) is 10.8. The van der Waals surface area contributed by atoms with Gasteiger partial charge in [-0.1, -0.05) is 25.4 Å². The van der Waals surface area contributed by atoms with Gasteiger partial charge >= 0.3 is 0 Å². The average molecular weight is 399 g/mol. The number of nitrogens with zero attached hydrogens (tertiary/aromatic N) is 2. The molecule has 2 aromatic heterocycles. The van der Waals surface area contributed by atoms with Crippen molar-refractivity contribution in [1.82, 2.24) is 20.8 Å². The van der Waals surface area contributed by atoms with E-state index in [0.717, 1.165) is 61.6 Å². The zero-order valence-electron chi connectivity index (χ0n) is 17.5. The number of hydrogen-bond donors (Lipinski definition) is 2. The molecule has 2 aliphatic rings. The summed E-state index contributed by atoms with van der Waals surface area (Å²) in [4.78, 5) is 29.8. The van der Waals surface area contributed by atoms with Crippen LogP contribution in [0.2, 0.25) is 0 Å². The van der Waals surface area contributed by atoms with Gasteiger partial charge in [-0.15, -0.1) is 0 Å². The molecule has 29 heavy (non-hydrogen) atoms. The molecule has 2 atom stereocenters. The SMILES string of the molecule is Cc1noc2nc3c(c(C(=O)N[C@H]4CCC[C@@H](CNC(=O)C(C)C)C4)c12)CCC3. The Hall–Kier alpha value is -2.44. The average Bonchev–Trinajstić information content (AvgIpc) is 3.31. The molecule has 7 heteroatoms. The molecule has 2 aromatic rings. The van der Waals surface area contributed by atoms with Gasteiger partial charge in [0.2, 0.25) is 5.91 Å². The maximum absolute atomic E-state index is 13.3. The number of hydrogen-bond acceptors (Lipinski definition) is 5. The van der Waals surface area contributed by atoms with Crippen LogP contribution in [0.1, 0.15) is 73.3 Å². The second kappa shape index (κ2) is 8.13. The molecule has 2 heterocycles. The van der Waals surface area contributed by atoms with Gasteiger partial charge in [-0.3, -0.25) is 9.59 Å². The standard InChI is InChI=1S/C22H30N4O3/c1-12(2)20(27)23-11-14-6-4-7-15(10-14)24-21(28)19-16-8-5-9-17(16)25-22-18(19)13(3)26-29-22/h12,14-15H,4-11H2,1-3H3,(H,23,27)(H,24,28)/t14-,15+/m1/s1. The molecule has 2 aliphatic carbocycles. The summed E-state index contributed by atoms with van der Waals surface area (Å²) in [5.41, 5.74) is 3.91. The molecule has 0 aliphatic heterocycles. The number of carbonyl (C=O) groups excluding carboxylic acids is 2. The van der Waals surface area contributed by atoms with E-state index >= 15 is 0 Å². The topological polar surface area (TPSA) is 97.1 Å². The molecular formula is C22H30N4O3. The number of amides is 2. The van der Waals surface area contributed by atoms with E-state index in [-0.39, 0.29) is 23.8 Å².